The number of amides is 1. The van der Waals surface area contributed by atoms with Crippen LogP contribution in [0.1, 0.15) is 10.4 Å². The highest BCUT2D eigenvalue weighted by Crippen LogP contribution is 2.30. The highest BCUT2D eigenvalue weighted by atomic mass is 32.2. The lowest BCUT2D eigenvalue weighted by atomic mass is 10.2. The van der Waals surface area contributed by atoms with E-state index in [2.05, 4.69) is 0 Å². The lowest BCUT2D eigenvalue weighted by Crippen LogP contribution is -2.31. The quantitative estimate of drug-likeness (QED) is 0.493. The van der Waals surface area contributed by atoms with Crippen molar-refractivity contribution in [1.29, 1.82) is 0 Å². The van der Waals surface area contributed by atoms with Gasteiger partial charge in [-0.3, -0.25) is 9.10 Å². The maximum absolute atomic E-state index is 13.1. The molecule has 0 saturated carbocycles. The number of likely N-dealkylation sites (N-methyl/N-ethyl adjacent to an activating group) is 1. The molecule has 8 heteroatoms. The molecule has 3 aromatic carbocycles. The molecule has 0 spiro atoms. The summed E-state index contributed by atoms with van der Waals surface area (Å²) in [6, 6.07) is 22.1. The second kappa shape index (κ2) is 10.2. The molecule has 0 aliphatic rings. The van der Waals surface area contributed by atoms with E-state index < -0.39 is 10.0 Å². The van der Waals surface area contributed by atoms with Gasteiger partial charge in [0.2, 0.25) is 0 Å². The second-order valence-electron chi connectivity index (χ2n) is 7.06. The molecule has 1 amide bonds. The van der Waals surface area contributed by atoms with Crippen LogP contribution in [0, 0.1) is 0 Å². The van der Waals surface area contributed by atoms with Crippen LogP contribution >= 0.6 is 0 Å². The van der Waals surface area contributed by atoms with Crippen molar-refractivity contribution in [3.63, 3.8) is 0 Å². The van der Waals surface area contributed by atoms with Crippen LogP contribution in [0.4, 0.5) is 5.69 Å². The zero-order valence-corrected chi connectivity index (χ0v) is 19.1. The molecule has 0 bridgehead atoms. The van der Waals surface area contributed by atoms with Gasteiger partial charge in [0.05, 0.1) is 24.2 Å². The summed E-state index contributed by atoms with van der Waals surface area (Å²) in [4.78, 5) is 14.3. The van der Waals surface area contributed by atoms with Crippen LogP contribution in [0.15, 0.2) is 83.8 Å². The molecule has 0 aliphatic carbocycles. The number of sulfonamides is 1. The van der Waals surface area contributed by atoms with Crippen LogP contribution in [0.2, 0.25) is 0 Å². The first-order valence-corrected chi connectivity index (χ1v) is 11.4. The van der Waals surface area contributed by atoms with Crippen molar-refractivity contribution in [1.82, 2.24) is 4.90 Å². The number of methoxy groups -OCH3 is 1. The molecule has 3 aromatic rings. The Kier molecular flexibility index (Phi) is 7.37. The highest BCUT2D eigenvalue weighted by molar-refractivity contribution is 7.92. The monoisotopic (exact) mass is 454 g/mol. The predicted octanol–water partition coefficient (Wildman–Crippen LogP) is 3.67. The molecule has 0 atom stereocenters. The summed E-state index contributed by atoms with van der Waals surface area (Å²) in [5, 5.41) is 0. The topological polar surface area (TPSA) is 76.2 Å². The van der Waals surface area contributed by atoms with Crippen LogP contribution in [0.3, 0.4) is 0 Å². The van der Waals surface area contributed by atoms with Crippen molar-refractivity contribution < 1.29 is 22.7 Å². The van der Waals surface area contributed by atoms with E-state index in [1.165, 1.54) is 43.3 Å². The molecule has 0 fully saturated rings. The zero-order valence-electron chi connectivity index (χ0n) is 18.3. The molecule has 0 aromatic heterocycles. The number of hydrogen-bond donors (Lipinski definition) is 0. The average Bonchev–Trinajstić information content (AvgIpc) is 2.83. The minimum Gasteiger partial charge on any atom is -0.495 e. The normalized spacial score (nSPS) is 11.0. The number of carbonyl (C=O) groups is 1. The Bertz CT molecular complexity index is 1150. The molecule has 3 rings (SSSR count). The molecule has 0 radical (unpaired) electrons. The van der Waals surface area contributed by atoms with Gasteiger partial charge in [-0.05, 0) is 48.5 Å². The van der Waals surface area contributed by atoms with Gasteiger partial charge in [-0.15, -0.1) is 0 Å². The number of benzene rings is 3. The van der Waals surface area contributed by atoms with Crippen molar-refractivity contribution in [2.75, 3.05) is 38.7 Å². The first-order chi connectivity index (χ1) is 15.3. The van der Waals surface area contributed by atoms with Crippen molar-refractivity contribution in [2.24, 2.45) is 0 Å². The van der Waals surface area contributed by atoms with Crippen LogP contribution in [0.5, 0.6) is 11.5 Å². The lowest BCUT2D eigenvalue weighted by Gasteiger charge is -2.22. The van der Waals surface area contributed by atoms with Crippen LogP contribution in [-0.2, 0) is 10.0 Å². The standard InChI is InChI=1S/C24H26N2O5S/c1-25(17-18-31-20-9-5-4-6-10-20)24(27)19-13-15-21(16-14-19)32(28,29)26(2)22-11-7-8-12-23(22)30-3/h4-16H,17-18H2,1-3H3. The van der Waals surface area contributed by atoms with Gasteiger partial charge >= 0.3 is 0 Å². The Balaban J connectivity index is 1.67. The van der Waals surface area contributed by atoms with E-state index in [0.29, 0.717) is 30.2 Å². The van der Waals surface area contributed by atoms with E-state index in [1.807, 2.05) is 30.3 Å². The molecule has 0 saturated heterocycles. The van der Waals surface area contributed by atoms with Gasteiger partial charge in [-0.1, -0.05) is 30.3 Å². The van der Waals surface area contributed by atoms with E-state index in [4.69, 9.17) is 9.47 Å². The second-order valence-corrected chi connectivity index (χ2v) is 9.03. The molecule has 32 heavy (non-hydrogen) atoms. The Morgan fingerprint density at radius 3 is 2.16 bits per heavy atom. The lowest BCUT2D eigenvalue weighted by molar-refractivity contribution is 0.0773. The molecule has 0 unspecified atom stereocenters. The molecule has 0 aliphatic heterocycles. The zero-order chi connectivity index (χ0) is 23.1. The van der Waals surface area contributed by atoms with Crippen LogP contribution in [0.25, 0.3) is 0 Å². The minimum absolute atomic E-state index is 0.0810. The number of hydrogen-bond acceptors (Lipinski definition) is 5. The fourth-order valence-electron chi connectivity index (χ4n) is 3.09. The Hall–Kier alpha value is -3.52. The van der Waals surface area contributed by atoms with Gasteiger partial charge < -0.3 is 14.4 Å². The van der Waals surface area contributed by atoms with Gasteiger partial charge in [-0.25, -0.2) is 8.42 Å². The van der Waals surface area contributed by atoms with Crippen LogP contribution < -0.4 is 13.8 Å². The number of carbonyl (C=O) groups excluding carboxylic acids is 1. The molecule has 0 N–H and O–H groups in total. The van der Waals surface area contributed by atoms with Gasteiger partial charge in [0, 0.05) is 19.7 Å². The van der Waals surface area contributed by atoms with E-state index in [-0.39, 0.29) is 10.8 Å². The highest BCUT2D eigenvalue weighted by Gasteiger charge is 2.24. The summed E-state index contributed by atoms with van der Waals surface area (Å²) in [5.74, 6) is 0.968. The van der Waals surface area contributed by atoms with Gasteiger partial charge in [0.15, 0.2) is 0 Å². The third-order valence-electron chi connectivity index (χ3n) is 4.97. The first kappa shape index (κ1) is 23.1. The maximum Gasteiger partial charge on any atom is 0.264 e. The van der Waals surface area contributed by atoms with Crippen molar-refractivity contribution in [3.8, 4) is 11.5 Å². The fraction of sp³-hybridized carbons (Fsp3) is 0.208. The summed E-state index contributed by atoms with van der Waals surface area (Å²) in [6.45, 7) is 0.743. The van der Waals surface area contributed by atoms with E-state index in [1.54, 1.807) is 31.3 Å². The average molecular weight is 455 g/mol. The number of para-hydroxylation sites is 3. The summed E-state index contributed by atoms with van der Waals surface area (Å²) >= 11 is 0. The summed E-state index contributed by atoms with van der Waals surface area (Å²) in [7, 11) is 0.806. The minimum atomic E-state index is -3.82. The maximum atomic E-state index is 13.1. The smallest absolute Gasteiger partial charge is 0.264 e. The SMILES string of the molecule is COc1ccccc1N(C)S(=O)(=O)c1ccc(C(=O)N(C)CCOc2ccccc2)cc1. The van der Waals surface area contributed by atoms with E-state index >= 15 is 0 Å². The summed E-state index contributed by atoms with van der Waals surface area (Å²) in [6.07, 6.45) is 0. The predicted molar refractivity (Wildman–Crippen MR) is 124 cm³/mol. The number of ether oxygens (including phenoxy) is 2. The largest absolute Gasteiger partial charge is 0.495 e. The third-order valence-corrected chi connectivity index (χ3v) is 6.76. The van der Waals surface area contributed by atoms with Crippen molar-refractivity contribution >= 4 is 21.6 Å². The molecule has 7 nitrogen and oxygen atoms in total. The Labute approximate surface area is 188 Å². The van der Waals surface area contributed by atoms with E-state index in [0.717, 1.165) is 10.1 Å². The Morgan fingerprint density at radius 1 is 0.875 bits per heavy atom. The first-order valence-electron chi connectivity index (χ1n) is 10.00. The summed E-state index contributed by atoms with van der Waals surface area (Å²) in [5.41, 5.74) is 0.819. The molecular formula is C24H26N2O5S. The molecular weight excluding hydrogens is 428 g/mol. The Morgan fingerprint density at radius 2 is 1.50 bits per heavy atom. The van der Waals surface area contributed by atoms with E-state index in [9.17, 15) is 13.2 Å². The van der Waals surface area contributed by atoms with Gasteiger partial charge in [-0.2, -0.15) is 0 Å². The molecule has 168 valence electrons. The van der Waals surface area contributed by atoms with Crippen LogP contribution in [-0.4, -0.2) is 53.6 Å². The van der Waals surface area contributed by atoms with Gasteiger partial charge in [0.25, 0.3) is 15.9 Å². The third kappa shape index (κ3) is 5.20. The summed E-state index contributed by atoms with van der Waals surface area (Å²) < 4.78 is 38.2. The number of nitrogens with zero attached hydrogens (tertiary/aromatic N) is 2. The fourth-order valence-corrected chi connectivity index (χ4v) is 4.29. The van der Waals surface area contributed by atoms with Crippen molar-refractivity contribution in [2.45, 2.75) is 4.90 Å². The number of rotatable bonds is 9. The number of anilines is 1. The van der Waals surface area contributed by atoms with Crippen molar-refractivity contribution in [3.05, 3.63) is 84.4 Å². The van der Waals surface area contributed by atoms with Gasteiger partial charge in [0.1, 0.15) is 18.1 Å². The molecule has 0 heterocycles.